The topological polar surface area (TPSA) is 42.1 Å². The first-order chi connectivity index (χ1) is 12.3. The molecule has 0 aliphatic rings. The number of carbonyl (C=O) groups is 1. The average molecular weight is 327 g/mol. The van der Waals surface area contributed by atoms with Crippen LogP contribution in [0.1, 0.15) is 10.4 Å². The summed E-state index contributed by atoms with van der Waals surface area (Å²) in [5.74, 6) is 0.722. The zero-order valence-corrected chi connectivity index (χ0v) is 13.8. The second kappa shape index (κ2) is 6.29. The summed E-state index contributed by atoms with van der Waals surface area (Å²) in [4.78, 5) is 15.2. The molecule has 0 spiro atoms. The van der Waals surface area contributed by atoms with Gasteiger partial charge in [0.25, 0.3) is 0 Å². The van der Waals surface area contributed by atoms with E-state index in [9.17, 15) is 4.79 Å². The number of aromatic nitrogens is 1. The first-order valence-electron chi connectivity index (χ1n) is 8.12. The van der Waals surface area contributed by atoms with E-state index in [-0.39, 0.29) is 0 Å². The number of H-pyrrole nitrogens is 1. The Labute approximate surface area is 145 Å². The van der Waals surface area contributed by atoms with Gasteiger partial charge < -0.3 is 9.72 Å². The molecule has 1 aromatic heterocycles. The van der Waals surface area contributed by atoms with E-state index in [1.807, 2.05) is 48.5 Å². The molecule has 0 saturated carbocycles. The van der Waals surface area contributed by atoms with Crippen molar-refractivity contribution in [1.29, 1.82) is 0 Å². The Balaban J connectivity index is 2.16. The van der Waals surface area contributed by atoms with E-state index < -0.39 is 0 Å². The van der Waals surface area contributed by atoms with Crippen molar-refractivity contribution < 1.29 is 9.53 Å². The van der Waals surface area contributed by atoms with Crippen LogP contribution in [-0.2, 0) is 0 Å². The number of nitrogens with one attached hydrogen (secondary N) is 1. The van der Waals surface area contributed by atoms with E-state index >= 15 is 0 Å². The molecule has 3 heteroatoms. The number of aldehydes is 1. The fourth-order valence-corrected chi connectivity index (χ4v) is 3.29. The van der Waals surface area contributed by atoms with Gasteiger partial charge in [-0.05, 0) is 23.3 Å². The summed E-state index contributed by atoms with van der Waals surface area (Å²) >= 11 is 0. The Bertz CT molecular complexity index is 1030. The summed E-state index contributed by atoms with van der Waals surface area (Å²) in [6.07, 6.45) is 0.900. The van der Waals surface area contributed by atoms with Crippen molar-refractivity contribution in [3.05, 3.63) is 78.4 Å². The monoisotopic (exact) mass is 327 g/mol. The van der Waals surface area contributed by atoms with Crippen LogP contribution >= 0.6 is 0 Å². The highest BCUT2D eigenvalue weighted by Gasteiger charge is 2.20. The number of rotatable bonds is 4. The van der Waals surface area contributed by atoms with Gasteiger partial charge in [0.2, 0.25) is 0 Å². The van der Waals surface area contributed by atoms with Crippen molar-refractivity contribution >= 4 is 17.2 Å². The highest BCUT2D eigenvalue weighted by molar-refractivity contribution is 6.12. The van der Waals surface area contributed by atoms with Gasteiger partial charge in [-0.3, -0.25) is 4.79 Å². The molecular formula is C22H17NO2. The van der Waals surface area contributed by atoms with Gasteiger partial charge in [0.05, 0.1) is 18.3 Å². The molecule has 0 unspecified atom stereocenters. The Morgan fingerprint density at radius 3 is 2.08 bits per heavy atom. The number of hydrogen-bond acceptors (Lipinski definition) is 2. The van der Waals surface area contributed by atoms with Crippen LogP contribution in [-0.4, -0.2) is 18.4 Å². The maximum atomic E-state index is 11.7. The molecule has 122 valence electrons. The van der Waals surface area contributed by atoms with Crippen molar-refractivity contribution in [3.8, 4) is 28.1 Å². The lowest BCUT2D eigenvalue weighted by Gasteiger charge is -2.07. The predicted octanol–water partition coefficient (Wildman–Crippen LogP) is 5.32. The molecule has 0 aliphatic heterocycles. The minimum absolute atomic E-state index is 0.646. The molecule has 0 atom stereocenters. The molecule has 0 radical (unpaired) electrons. The number of methoxy groups -OCH3 is 1. The largest absolute Gasteiger partial charge is 0.495 e. The van der Waals surface area contributed by atoms with Crippen molar-refractivity contribution in [2.45, 2.75) is 0 Å². The van der Waals surface area contributed by atoms with Crippen LogP contribution in [0.5, 0.6) is 5.75 Å². The second-order valence-electron chi connectivity index (χ2n) is 5.83. The molecule has 25 heavy (non-hydrogen) atoms. The van der Waals surface area contributed by atoms with E-state index in [0.717, 1.165) is 45.3 Å². The van der Waals surface area contributed by atoms with Crippen molar-refractivity contribution in [1.82, 2.24) is 4.98 Å². The summed E-state index contributed by atoms with van der Waals surface area (Å²) in [5, 5.41) is 0.888. The number of benzene rings is 3. The molecule has 4 aromatic rings. The van der Waals surface area contributed by atoms with Crippen molar-refractivity contribution in [2.24, 2.45) is 0 Å². The summed E-state index contributed by atoms with van der Waals surface area (Å²) in [6, 6.07) is 23.9. The third kappa shape index (κ3) is 2.50. The molecule has 1 heterocycles. The van der Waals surface area contributed by atoms with Gasteiger partial charge >= 0.3 is 0 Å². The first-order valence-corrected chi connectivity index (χ1v) is 8.12. The Kier molecular flexibility index (Phi) is 3.82. The Hall–Kier alpha value is -3.33. The van der Waals surface area contributed by atoms with Gasteiger partial charge in [-0.1, -0.05) is 60.7 Å². The quantitative estimate of drug-likeness (QED) is 0.515. The van der Waals surface area contributed by atoms with Crippen LogP contribution in [0, 0.1) is 0 Å². The average Bonchev–Trinajstić information content (AvgIpc) is 3.09. The highest BCUT2D eigenvalue weighted by atomic mass is 16.5. The lowest BCUT2D eigenvalue weighted by Crippen LogP contribution is -1.88. The third-order valence-corrected chi connectivity index (χ3v) is 4.42. The van der Waals surface area contributed by atoms with Crippen LogP contribution in [0.4, 0.5) is 0 Å². The number of ether oxygens (including phenoxy) is 1. The number of carbonyl (C=O) groups excluding carboxylic acids is 1. The molecule has 0 aliphatic carbocycles. The Morgan fingerprint density at radius 2 is 1.48 bits per heavy atom. The van der Waals surface area contributed by atoms with Crippen LogP contribution in [0.3, 0.4) is 0 Å². The highest BCUT2D eigenvalue weighted by Crippen LogP contribution is 2.42. The minimum atomic E-state index is 0.646. The summed E-state index contributed by atoms with van der Waals surface area (Å²) < 4.78 is 5.52. The van der Waals surface area contributed by atoms with Crippen molar-refractivity contribution in [3.63, 3.8) is 0 Å². The zero-order valence-electron chi connectivity index (χ0n) is 13.8. The molecule has 3 aromatic carbocycles. The molecule has 3 nitrogen and oxygen atoms in total. The van der Waals surface area contributed by atoms with Crippen LogP contribution in [0.25, 0.3) is 33.3 Å². The van der Waals surface area contributed by atoms with Gasteiger partial charge in [0.15, 0.2) is 6.29 Å². The Morgan fingerprint density at radius 1 is 0.840 bits per heavy atom. The SMILES string of the molecule is COc1ccc(C=O)c2c(-c3ccccc3)c(-c3ccccc3)[nH]c12. The lowest BCUT2D eigenvalue weighted by molar-refractivity contribution is 0.112. The normalized spacial score (nSPS) is 10.8. The molecule has 4 rings (SSSR count). The van der Waals surface area contributed by atoms with E-state index in [2.05, 4.69) is 29.2 Å². The zero-order chi connectivity index (χ0) is 17.2. The number of aromatic amines is 1. The molecular weight excluding hydrogens is 310 g/mol. The van der Waals surface area contributed by atoms with E-state index in [1.54, 1.807) is 7.11 Å². The van der Waals surface area contributed by atoms with E-state index in [1.165, 1.54) is 0 Å². The standard InChI is InChI=1S/C22H17NO2/c1-25-18-13-12-17(14-24)20-19(15-8-4-2-5-9-15)21(23-22(18)20)16-10-6-3-7-11-16/h2-14,23H,1H3. The molecule has 0 bridgehead atoms. The smallest absolute Gasteiger partial charge is 0.150 e. The summed E-state index contributed by atoms with van der Waals surface area (Å²) in [7, 11) is 1.64. The molecule has 1 N–H and O–H groups in total. The summed E-state index contributed by atoms with van der Waals surface area (Å²) in [5.41, 5.74) is 5.61. The lowest BCUT2D eigenvalue weighted by atomic mass is 9.96. The van der Waals surface area contributed by atoms with E-state index in [0.29, 0.717) is 5.56 Å². The van der Waals surface area contributed by atoms with Gasteiger partial charge in [-0.15, -0.1) is 0 Å². The van der Waals surface area contributed by atoms with Gasteiger partial charge in [-0.2, -0.15) is 0 Å². The van der Waals surface area contributed by atoms with Gasteiger partial charge in [0, 0.05) is 16.5 Å². The van der Waals surface area contributed by atoms with Crippen LogP contribution < -0.4 is 4.74 Å². The predicted molar refractivity (Wildman–Crippen MR) is 101 cm³/mol. The summed E-state index contributed by atoms with van der Waals surface area (Å²) in [6.45, 7) is 0. The fraction of sp³-hybridized carbons (Fsp3) is 0.0455. The first kappa shape index (κ1) is 15.2. The van der Waals surface area contributed by atoms with E-state index in [4.69, 9.17) is 4.74 Å². The van der Waals surface area contributed by atoms with Gasteiger partial charge in [0.1, 0.15) is 5.75 Å². The molecule has 0 amide bonds. The third-order valence-electron chi connectivity index (χ3n) is 4.42. The fourth-order valence-electron chi connectivity index (χ4n) is 3.29. The maximum Gasteiger partial charge on any atom is 0.150 e. The second-order valence-corrected chi connectivity index (χ2v) is 5.83. The minimum Gasteiger partial charge on any atom is -0.495 e. The number of fused-ring (bicyclic) bond motifs is 1. The van der Waals surface area contributed by atoms with Gasteiger partial charge in [-0.25, -0.2) is 0 Å². The molecule has 0 fully saturated rings. The van der Waals surface area contributed by atoms with Crippen LogP contribution in [0.2, 0.25) is 0 Å². The maximum absolute atomic E-state index is 11.7. The van der Waals surface area contributed by atoms with Crippen LogP contribution in [0.15, 0.2) is 72.8 Å². The van der Waals surface area contributed by atoms with Crippen molar-refractivity contribution in [2.75, 3.05) is 7.11 Å². The molecule has 0 saturated heterocycles. The number of hydrogen-bond donors (Lipinski definition) is 1.